The van der Waals surface area contributed by atoms with Gasteiger partial charge in [0.1, 0.15) is 5.52 Å². The lowest BCUT2D eigenvalue weighted by Gasteiger charge is -1.91. The van der Waals surface area contributed by atoms with Crippen molar-refractivity contribution in [2.75, 3.05) is 0 Å². The first kappa shape index (κ1) is 7.09. The molecule has 1 heterocycles. The molecule has 1 aromatic heterocycles. The molecule has 54 valence electrons. The first-order chi connectivity index (χ1) is 5.42. The van der Waals surface area contributed by atoms with Crippen molar-refractivity contribution in [1.82, 2.24) is 14.9 Å². The predicted molar refractivity (Wildman–Crippen MR) is 54.1 cm³/mol. The molecule has 0 bridgehead atoms. The fourth-order valence-electron chi connectivity index (χ4n) is 1.01. The van der Waals surface area contributed by atoms with E-state index in [4.69, 9.17) is 0 Å². The standard InChI is InChI=1S/C6H5BIN3/c8-7-11-6-4-2-1-3-5(6)9-10-11/h1-4,7H. The number of nitrogens with zero attached hydrogens (tertiary/aromatic N) is 3. The van der Waals surface area contributed by atoms with E-state index < -0.39 is 0 Å². The summed E-state index contributed by atoms with van der Waals surface area (Å²) in [4.78, 5) is 0. The normalized spacial score (nSPS) is 10.3. The van der Waals surface area contributed by atoms with Crippen LogP contribution in [0.1, 0.15) is 0 Å². The van der Waals surface area contributed by atoms with Crippen LogP contribution in [0.4, 0.5) is 0 Å². The van der Waals surface area contributed by atoms with Crippen LogP contribution in [0.25, 0.3) is 11.0 Å². The van der Waals surface area contributed by atoms with Crippen molar-refractivity contribution in [3.05, 3.63) is 24.3 Å². The minimum absolute atomic E-state index is 0.846. The van der Waals surface area contributed by atoms with Gasteiger partial charge in [0.2, 0.25) is 0 Å². The van der Waals surface area contributed by atoms with Gasteiger partial charge in [0, 0.05) is 0 Å². The van der Waals surface area contributed by atoms with Crippen molar-refractivity contribution in [3.63, 3.8) is 0 Å². The highest BCUT2D eigenvalue weighted by Gasteiger charge is 2.00. The van der Waals surface area contributed by atoms with Crippen molar-refractivity contribution in [3.8, 4) is 0 Å². The Morgan fingerprint density at radius 2 is 2.18 bits per heavy atom. The molecule has 0 fully saturated rings. The lowest BCUT2D eigenvalue weighted by Crippen LogP contribution is -1.99. The Morgan fingerprint density at radius 1 is 1.36 bits per heavy atom. The number of benzene rings is 1. The quantitative estimate of drug-likeness (QED) is 0.563. The molecule has 1 aromatic carbocycles. The third-order valence-corrected chi connectivity index (χ3v) is 2.18. The van der Waals surface area contributed by atoms with Crippen LogP contribution in [0, 0.1) is 0 Å². The van der Waals surface area contributed by atoms with Gasteiger partial charge in [-0.2, -0.15) is 0 Å². The number of aromatic nitrogens is 3. The molecule has 0 amide bonds. The van der Waals surface area contributed by atoms with Crippen LogP contribution in [0.3, 0.4) is 0 Å². The maximum atomic E-state index is 4.00. The first-order valence-electron chi connectivity index (χ1n) is 3.26. The van der Waals surface area contributed by atoms with Crippen LogP contribution in [0.5, 0.6) is 0 Å². The Kier molecular flexibility index (Phi) is 1.81. The highest BCUT2D eigenvalue weighted by molar-refractivity contribution is 14.1. The lowest BCUT2D eigenvalue weighted by molar-refractivity contribution is 0.897. The number of hydrogen-bond donors (Lipinski definition) is 0. The van der Waals surface area contributed by atoms with Gasteiger partial charge in [0.15, 0.2) is 0 Å². The number of rotatable bonds is 1. The summed E-state index contributed by atoms with van der Waals surface area (Å²) < 4.78 is 1.87. The zero-order valence-corrected chi connectivity index (χ0v) is 7.89. The third kappa shape index (κ3) is 1.13. The second-order valence-corrected chi connectivity index (χ2v) is 2.88. The fraction of sp³-hybridized carbons (Fsp3) is 0. The average Bonchev–Trinajstić information content (AvgIpc) is 2.47. The SMILES string of the molecule is IBn1nnc2ccccc21. The first-order valence-corrected chi connectivity index (χ1v) is 4.78. The van der Waals surface area contributed by atoms with E-state index in [9.17, 15) is 0 Å². The van der Waals surface area contributed by atoms with Crippen LogP contribution in [-0.4, -0.2) is 20.2 Å². The highest BCUT2D eigenvalue weighted by Crippen LogP contribution is 2.08. The topological polar surface area (TPSA) is 30.7 Å². The largest absolute Gasteiger partial charge is 0.338 e. The molecule has 0 aliphatic rings. The molecule has 0 atom stereocenters. The molecule has 11 heavy (non-hydrogen) atoms. The van der Waals surface area contributed by atoms with E-state index in [0.717, 1.165) is 16.3 Å². The third-order valence-electron chi connectivity index (χ3n) is 1.53. The molecular formula is C6H5BIN3. The fourth-order valence-corrected chi connectivity index (χ4v) is 1.51. The lowest BCUT2D eigenvalue weighted by atomic mass is 10.3. The molecule has 0 aliphatic carbocycles. The Morgan fingerprint density at radius 3 is 3.00 bits per heavy atom. The zero-order valence-electron chi connectivity index (χ0n) is 5.74. The monoisotopic (exact) mass is 257 g/mol. The maximum Gasteiger partial charge on any atom is 0.338 e. The van der Waals surface area contributed by atoms with Gasteiger partial charge in [-0.1, -0.05) is 17.3 Å². The molecule has 0 aliphatic heterocycles. The summed E-state index contributed by atoms with van der Waals surface area (Å²) in [6.45, 7) is 0. The molecule has 0 N–H and O–H groups in total. The van der Waals surface area contributed by atoms with Crippen molar-refractivity contribution in [2.45, 2.75) is 0 Å². The average molecular weight is 257 g/mol. The smallest absolute Gasteiger partial charge is 0.282 e. The zero-order chi connectivity index (χ0) is 7.68. The van der Waals surface area contributed by atoms with E-state index >= 15 is 0 Å². The minimum Gasteiger partial charge on any atom is -0.282 e. The summed E-state index contributed by atoms with van der Waals surface area (Å²) in [5.41, 5.74) is 2.06. The molecule has 0 saturated heterocycles. The van der Waals surface area contributed by atoms with E-state index in [0.29, 0.717) is 0 Å². The summed E-state index contributed by atoms with van der Waals surface area (Å²) in [5, 5.41) is 8.82. The van der Waals surface area contributed by atoms with E-state index in [-0.39, 0.29) is 0 Å². The summed E-state index contributed by atoms with van der Waals surface area (Å²) >= 11 is 2.26. The van der Waals surface area contributed by atoms with Gasteiger partial charge in [0.25, 0.3) is 0 Å². The van der Waals surface area contributed by atoms with Crippen LogP contribution < -0.4 is 0 Å². The van der Waals surface area contributed by atoms with Crippen LogP contribution in [0.2, 0.25) is 0 Å². The van der Waals surface area contributed by atoms with Crippen LogP contribution in [0.15, 0.2) is 24.3 Å². The Labute approximate surface area is 77.9 Å². The summed E-state index contributed by atoms with van der Waals surface area (Å²) in [6.07, 6.45) is 0. The van der Waals surface area contributed by atoms with E-state index in [1.165, 1.54) is 0 Å². The molecule has 0 spiro atoms. The second-order valence-electron chi connectivity index (χ2n) is 2.20. The Bertz CT molecular complexity index is 373. The van der Waals surface area contributed by atoms with Gasteiger partial charge >= 0.3 is 5.27 Å². The number of hydrogen-bond acceptors (Lipinski definition) is 2. The minimum atomic E-state index is 0.846. The molecule has 2 aromatic rings. The highest BCUT2D eigenvalue weighted by atomic mass is 127. The van der Waals surface area contributed by atoms with Crippen LogP contribution >= 0.6 is 22.4 Å². The van der Waals surface area contributed by atoms with Gasteiger partial charge in [-0.3, -0.25) is 4.59 Å². The van der Waals surface area contributed by atoms with E-state index in [2.05, 4.69) is 32.7 Å². The molecule has 0 unspecified atom stereocenters. The molecular weight excluding hydrogens is 252 g/mol. The van der Waals surface area contributed by atoms with Crippen molar-refractivity contribution < 1.29 is 0 Å². The van der Waals surface area contributed by atoms with Crippen molar-refractivity contribution in [2.24, 2.45) is 0 Å². The summed E-state index contributed by atoms with van der Waals surface area (Å²) in [5.74, 6) is 0. The number of halogens is 1. The molecule has 0 radical (unpaired) electrons. The van der Waals surface area contributed by atoms with Crippen molar-refractivity contribution in [1.29, 1.82) is 0 Å². The molecule has 2 rings (SSSR count). The predicted octanol–water partition coefficient (Wildman–Crippen LogP) is 0.981. The molecule has 3 nitrogen and oxygen atoms in total. The van der Waals surface area contributed by atoms with Crippen LogP contribution in [-0.2, 0) is 0 Å². The van der Waals surface area contributed by atoms with Crippen molar-refractivity contribution >= 4 is 38.7 Å². The van der Waals surface area contributed by atoms with Gasteiger partial charge < -0.3 is 0 Å². The number of fused-ring (bicyclic) bond motifs is 1. The Hall–Kier alpha value is -0.585. The van der Waals surface area contributed by atoms with Gasteiger partial charge in [-0.25, -0.2) is 0 Å². The molecule has 5 heteroatoms. The number of para-hydroxylation sites is 1. The summed E-state index contributed by atoms with van der Waals surface area (Å²) in [6, 6.07) is 7.95. The second kappa shape index (κ2) is 2.81. The summed E-state index contributed by atoms with van der Waals surface area (Å²) in [7, 11) is 0. The van der Waals surface area contributed by atoms with Gasteiger partial charge in [-0.15, -0.1) is 27.5 Å². The van der Waals surface area contributed by atoms with Gasteiger partial charge in [0.05, 0.1) is 5.52 Å². The molecule has 0 saturated carbocycles. The Balaban J connectivity index is 2.76. The van der Waals surface area contributed by atoms with E-state index in [1.54, 1.807) is 0 Å². The maximum absolute atomic E-state index is 4.00. The van der Waals surface area contributed by atoms with Gasteiger partial charge in [-0.05, 0) is 12.1 Å². The van der Waals surface area contributed by atoms with E-state index in [1.807, 2.05) is 28.9 Å².